The summed E-state index contributed by atoms with van der Waals surface area (Å²) in [5.41, 5.74) is 0.996. The number of methoxy groups -OCH3 is 1. The molecule has 0 saturated carbocycles. The SMILES string of the molecule is COc1ccc(S(=O)(=O)Nc2ccc(O)c(C)c2)cc1. The predicted octanol–water partition coefficient (Wildman–Crippen LogP) is 2.51. The van der Waals surface area contributed by atoms with Crippen LogP contribution in [0, 0.1) is 6.92 Å². The second-order valence-corrected chi connectivity index (χ2v) is 5.96. The third-order valence-corrected chi connectivity index (χ3v) is 4.22. The Bertz CT molecular complexity index is 708. The van der Waals surface area contributed by atoms with Crippen molar-refractivity contribution in [2.24, 2.45) is 0 Å². The maximum Gasteiger partial charge on any atom is 0.261 e. The summed E-state index contributed by atoms with van der Waals surface area (Å²) in [5.74, 6) is 0.710. The number of phenolic OH excluding ortho intramolecular Hbond substituents is 1. The van der Waals surface area contributed by atoms with Crippen LogP contribution in [0.3, 0.4) is 0 Å². The van der Waals surface area contributed by atoms with Crippen molar-refractivity contribution in [2.45, 2.75) is 11.8 Å². The van der Waals surface area contributed by atoms with Gasteiger partial charge in [0.05, 0.1) is 12.0 Å². The standard InChI is InChI=1S/C14H15NO4S/c1-10-9-11(3-8-14(10)16)15-20(17,18)13-6-4-12(19-2)5-7-13/h3-9,15-16H,1-2H3. The fourth-order valence-corrected chi connectivity index (χ4v) is 2.74. The van der Waals surface area contributed by atoms with Crippen molar-refractivity contribution in [3.8, 4) is 11.5 Å². The van der Waals surface area contributed by atoms with Gasteiger partial charge in [-0.2, -0.15) is 0 Å². The maximum atomic E-state index is 12.2. The lowest BCUT2D eigenvalue weighted by molar-refractivity contribution is 0.414. The monoisotopic (exact) mass is 293 g/mol. The predicted molar refractivity (Wildman–Crippen MR) is 76.6 cm³/mol. The van der Waals surface area contributed by atoms with E-state index in [1.54, 1.807) is 25.1 Å². The molecule has 106 valence electrons. The molecule has 0 aliphatic carbocycles. The molecule has 0 heterocycles. The number of benzene rings is 2. The minimum Gasteiger partial charge on any atom is -0.508 e. The molecule has 6 heteroatoms. The molecule has 5 nitrogen and oxygen atoms in total. The van der Waals surface area contributed by atoms with Crippen molar-refractivity contribution in [2.75, 3.05) is 11.8 Å². The molecule has 0 radical (unpaired) electrons. The lowest BCUT2D eigenvalue weighted by Crippen LogP contribution is -2.12. The third-order valence-electron chi connectivity index (χ3n) is 2.82. The van der Waals surface area contributed by atoms with Gasteiger partial charge in [0.25, 0.3) is 10.0 Å². The molecule has 2 rings (SSSR count). The first kappa shape index (κ1) is 14.2. The zero-order chi connectivity index (χ0) is 14.8. The van der Waals surface area contributed by atoms with Gasteiger partial charge in [-0.1, -0.05) is 0 Å². The van der Waals surface area contributed by atoms with Crippen LogP contribution in [0.4, 0.5) is 5.69 Å². The van der Waals surface area contributed by atoms with Crippen LogP contribution in [0.25, 0.3) is 0 Å². The molecule has 0 spiro atoms. The van der Waals surface area contributed by atoms with Crippen molar-refractivity contribution >= 4 is 15.7 Å². The molecule has 0 amide bonds. The summed E-state index contributed by atoms with van der Waals surface area (Å²) in [6.45, 7) is 1.69. The van der Waals surface area contributed by atoms with Crippen molar-refractivity contribution in [3.05, 3.63) is 48.0 Å². The summed E-state index contributed by atoms with van der Waals surface area (Å²) in [5, 5.41) is 9.43. The Labute approximate surface area is 117 Å². The van der Waals surface area contributed by atoms with Crippen molar-refractivity contribution in [3.63, 3.8) is 0 Å². The second-order valence-electron chi connectivity index (χ2n) is 4.28. The van der Waals surface area contributed by atoms with E-state index >= 15 is 0 Å². The van der Waals surface area contributed by atoms with Crippen LogP contribution in [0.15, 0.2) is 47.4 Å². The van der Waals surface area contributed by atoms with Crippen LogP contribution in [-0.2, 0) is 10.0 Å². The minimum absolute atomic E-state index is 0.123. The summed E-state index contributed by atoms with van der Waals surface area (Å²) in [6, 6.07) is 10.6. The molecule has 0 aliphatic heterocycles. The average molecular weight is 293 g/mol. The topological polar surface area (TPSA) is 75.6 Å². The van der Waals surface area contributed by atoms with E-state index < -0.39 is 10.0 Å². The van der Waals surface area contributed by atoms with Gasteiger partial charge in [0.1, 0.15) is 11.5 Å². The summed E-state index contributed by atoms with van der Waals surface area (Å²) < 4.78 is 31.8. The lowest BCUT2D eigenvalue weighted by atomic mass is 10.2. The molecule has 2 aromatic carbocycles. The zero-order valence-corrected chi connectivity index (χ0v) is 11.9. The first-order valence-electron chi connectivity index (χ1n) is 5.89. The molecule has 2 N–H and O–H groups in total. The Balaban J connectivity index is 2.27. The van der Waals surface area contributed by atoms with Gasteiger partial charge in [-0.05, 0) is 55.0 Å². The number of hydrogen-bond acceptors (Lipinski definition) is 4. The van der Waals surface area contributed by atoms with Crippen molar-refractivity contribution in [1.82, 2.24) is 0 Å². The van der Waals surface area contributed by atoms with Crippen LogP contribution >= 0.6 is 0 Å². The van der Waals surface area contributed by atoms with E-state index in [9.17, 15) is 13.5 Å². The highest BCUT2D eigenvalue weighted by Gasteiger charge is 2.14. The Hall–Kier alpha value is -2.21. The Morgan fingerprint density at radius 3 is 2.30 bits per heavy atom. The van der Waals surface area contributed by atoms with Crippen LogP contribution in [0.5, 0.6) is 11.5 Å². The number of hydrogen-bond donors (Lipinski definition) is 2. The minimum atomic E-state index is -3.66. The van der Waals surface area contributed by atoms with Gasteiger partial charge >= 0.3 is 0 Å². The molecule has 0 bridgehead atoms. The van der Waals surface area contributed by atoms with Gasteiger partial charge in [-0.3, -0.25) is 4.72 Å². The number of aryl methyl sites for hydroxylation is 1. The van der Waals surface area contributed by atoms with Crippen molar-refractivity contribution < 1.29 is 18.3 Å². The van der Waals surface area contributed by atoms with E-state index in [4.69, 9.17) is 4.74 Å². The first-order valence-corrected chi connectivity index (χ1v) is 7.37. The number of rotatable bonds is 4. The van der Waals surface area contributed by atoms with Gasteiger partial charge in [0.15, 0.2) is 0 Å². The van der Waals surface area contributed by atoms with Gasteiger partial charge in [-0.25, -0.2) is 8.42 Å². The van der Waals surface area contributed by atoms with Crippen molar-refractivity contribution in [1.29, 1.82) is 0 Å². The van der Waals surface area contributed by atoms with E-state index in [0.717, 1.165) is 0 Å². The van der Waals surface area contributed by atoms with E-state index in [-0.39, 0.29) is 10.6 Å². The fraction of sp³-hybridized carbons (Fsp3) is 0.143. The summed E-state index contributed by atoms with van der Waals surface area (Å²) in [7, 11) is -2.14. The van der Waals surface area contributed by atoms with Crippen LogP contribution in [-0.4, -0.2) is 20.6 Å². The van der Waals surface area contributed by atoms with E-state index in [0.29, 0.717) is 17.0 Å². The zero-order valence-electron chi connectivity index (χ0n) is 11.1. The molecule has 0 aromatic heterocycles. The number of phenols is 1. The van der Waals surface area contributed by atoms with Crippen LogP contribution < -0.4 is 9.46 Å². The normalized spacial score (nSPS) is 11.1. The van der Waals surface area contributed by atoms with E-state index in [2.05, 4.69) is 4.72 Å². The maximum absolute atomic E-state index is 12.2. The quantitative estimate of drug-likeness (QED) is 0.849. The molecule has 20 heavy (non-hydrogen) atoms. The third kappa shape index (κ3) is 3.03. The largest absolute Gasteiger partial charge is 0.508 e. The van der Waals surface area contributed by atoms with Gasteiger partial charge in [-0.15, -0.1) is 0 Å². The highest BCUT2D eigenvalue weighted by atomic mass is 32.2. The van der Waals surface area contributed by atoms with E-state index in [1.165, 1.54) is 31.4 Å². The molecular formula is C14H15NO4S. The number of nitrogens with one attached hydrogen (secondary N) is 1. The van der Waals surface area contributed by atoms with Crippen LogP contribution in [0.1, 0.15) is 5.56 Å². The molecule has 0 unspecified atom stereocenters. The summed E-state index contributed by atoms with van der Waals surface area (Å²) in [6.07, 6.45) is 0. The van der Waals surface area contributed by atoms with Crippen LogP contribution in [0.2, 0.25) is 0 Å². The molecule has 0 fully saturated rings. The average Bonchev–Trinajstić information content (AvgIpc) is 2.43. The Kier molecular flexibility index (Phi) is 3.85. The number of ether oxygens (including phenoxy) is 1. The molecule has 2 aromatic rings. The Morgan fingerprint density at radius 1 is 1.10 bits per heavy atom. The summed E-state index contributed by atoms with van der Waals surface area (Å²) >= 11 is 0. The van der Waals surface area contributed by atoms with E-state index in [1.807, 2.05) is 0 Å². The summed E-state index contributed by atoms with van der Waals surface area (Å²) in [4.78, 5) is 0.143. The fourth-order valence-electron chi connectivity index (χ4n) is 1.69. The molecule has 0 atom stereocenters. The smallest absolute Gasteiger partial charge is 0.261 e. The molecule has 0 aliphatic rings. The Morgan fingerprint density at radius 2 is 1.75 bits per heavy atom. The number of aromatic hydroxyl groups is 1. The highest BCUT2D eigenvalue weighted by Crippen LogP contribution is 2.23. The van der Waals surface area contributed by atoms with Gasteiger partial charge in [0, 0.05) is 5.69 Å². The molecule has 0 saturated heterocycles. The van der Waals surface area contributed by atoms with Gasteiger partial charge < -0.3 is 9.84 Å². The number of anilines is 1. The lowest BCUT2D eigenvalue weighted by Gasteiger charge is -2.10. The first-order chi connectivity index (χ1) is 9.42. The highest BCUT2D eigenvalue weighted by molar-refractivity contribution is 7.92. The second kappa shape index (κ2) is 5.42. The van der Waals surface area contributed by atoms with Gasteiger partial charge in [0.2, 0.25) is 0 Å². The molecular weight excluding hydrogens is 278 g/mol. The number of sulfonamides is 1.